The maximum atomic E-state index is 10.8. The number of benzene rings is 4. The van der Waals surface area contributed by atoms with Crippen LogP contribution in [0.4, 0.5) is 0 Å². The van der Waals surface area contributed by atoms with Crippen LogP contribution in [0.5, 0.6) is 0 Å². The molecule has 0 saturated heterocycles. The third-order valence-electron chi connectivity index (χ3n) is 6.53. The summed E-state index contributed by atoms with van der Waals surface area (Å²) in [5.74, 6) is -0.318. The second-order valence-corrected chi connectivity index (χ2v) is 10.2. The van der Waals surface area contributed by atoms with Crippen LogP contribution in [0.15, 0.2) is 157 Å². The van der Waals surface area contributed by atoms with Crippen LogP contribution in [0, 0.1) is 5.92 Å². The number of hydrogen-bond donors (Lipinski definition) is 1. The van der Waals surface area contributed by atoms with Crippen molar-refractivity contribution in [1.82, 2.24) is 0 Å². The van der Waals surface area contributed by atoms with Crippen molar-refractivity contribution in [3.05, 3.63) is 180 Å². The number of ether oxygens (including phenoxy) is 1. The predicted molar refractivity (Wildman–Crippen MR) is 192 cm³/mol. The Balaban J connectivity index is 0.000000221. The molecule has 0 aliphatic heterocycles. The lowest BCUT2D eigenvalue weighted by molar-refractivity contribution is -0.140. The number of hydrogen-bond acceptors (Lipinski definition) is 5. The Labute approximate surface area is 279 Å². The zero-order valence-electron chi connectivity index (χ0n) is 26.9. The van der Waals surface area contributed by atoms with Gasteiger partial charge in [-0.25, -0.2) is 0 Å². The fourth-order valence-electron chi connectivity index (χ4n) is 4.16. The highest BCUT2D eigenvalue weighted by molar-refractivity contribution is 5.71. The van der Waals surface area contributed by atoms with Crippen molar-refractivity contribution in [1.29, 1.82) is 0 Å². The fourth-order valence-corrected chi connectivity index (χ4v) is 4.16. The van der Waals surface area contributed by atoms with E-state index in [0.29, 0.717) is 13.0 Å². The van der Waals surface area contributed by atoms with Gasteiger partial charge in [-0.05, 0) is 34.2 Å². The quantitative estimate of drug-likeness (QED) is 0.141. The topological polar surface area (TPSA) is 80.7 Å². The van der Waals surface area contributed by atoms with Crippen LogP contribution in [0.1, 0.15) is 35.6 Å². The molecule has 1 aliphatic rings. The second kappa shape index (κ2) is 24.9. The van der Waals surface area contributed by atoms with Crippen LogP contribution in [-0.4, -0.2) is 36.9 Å². The average molecular weight is 629 g/mol. The van der Waals surface area contributed by atoms with Crippen molar-refractivity contribution < 1.29 is 24.2 Å². The van der Waals surface area contributed by atoms with Crippen LogP contribution in [0.2, 0.25) is 0 Å². The molecule has 1 unspecified atom stereocenters. The van der Waals surface area contributed by atoms with Gasteiger partial charge in [-0.1, -0.05) is 164 Å². The molecule has 47 heavy (non-hydrogen) atoms. The number of aryl methyl sites for hydroxylation is 1. The molecule has 4 aromatic carbocycles. The van der Waals surface area contributed by atoms with E-state index in [1.54, 1.807) is 6.08 Å². The standard InChI is InChI=1S/C14H12O.C10H12O2.2C9H10O/c15-11-14-9-5-4-8-13(14)10-12-6-2-1-3-7-12;1-9(11)12-8-7-10-5-3-2-4-6-10;2*10-8-4-7-9-5-2-1-3-6-9/h1-11,14H;2-6H,7-8H2,1H3;1-3,5-6,8H,4,7H2;1-7,10H,8H2. The van der Waals surface area contributed by atoms with Gasteiger partial charge in [0, 0.05) is 19.8 Å². The molecule has 1 atom stereocenters. The largest absolute Gasteiger partial charge is 0.466 e. The molecule has 0 saturated carbocycles. The van der Waals surface area contributed by atoms with Gasteiger partial charge < -0.3 is 19.4 Å². The number of rotatable bonds is 10. The summed E-state index contributed by atoms with van der Waals surface area (Å²) in [7, 11) is 0. The fraction of sp³-hybridized carbons (Fsp3) is 0.167. The third-order valence-corrected chi connectivity index (χ3v) is 6.53. The Bertz CT molecular complexity index is 1520. The van der Waals surface area contributed by atoms with Crippen LogP contribution in [0.25, 0.3) is 12.2 Å². The predicted octanol–water partition coefficient (Wildman–Crippen LogP) is 8.31. The molecule has 1 N–H and O–H groups in total. The maximum absolute atomic E-state index is 10.8. The van der Waals surface area contributed by atoms with Gasteiger partial charge in [-0.15, -0.1) is 0 Å². The zero-order chi connectivity index (χ0) is 33.8. The van der Waals surface area contributed by atoms with Gasteiger partial charge in [-0.2, -0.15) is 0 Å². The van der Waals surface area contributed by atoms with Crippen molar-refractivity contribution in [2.45, 2.75) is 26.2 Å². The van der Waals surface area contributed by atoms with E-state index in [1.807, 2.05) is 158 Å². The number of allylic oxidation sites excluding steroid dienone is 5. The Morgan fingerprint density at radius 2 is 1.26 bits per heavy atom. The molecule has 1 aliphatic carbocycles. The van der Waals surface area contributed by atoms with Gasteiger partial charge in [0.15, 0.2) is 0 Å². The monoisotopic (exact) mass is 628 g/mol. The SMILES string of the molecule is CC(=O)OCCc1ccccc1.O=CC1C=CC=CC1=Cc1ccccc1.O=CCCc1ccccc1.OCC=Cc1ccccc1. The van der Waals surface area contributed by atoms with Crippen LogP contribution in [0.3, 0.4) is 0 Å². The van der Waals surface area contributed by atoms with E-state index < -0.39 is 0 Å². The van der Waals surface area contributed by atoms with E-state index in [-0.39, 0.29) is 18.5 Å². The molecule has 0 heterocycles. The van der Waals surface area contributed by atoms with Gasteiger partial charge >= 0.3 is 5.97 Å². The summed E-state index contributed by atoms with van der Waals surface area (Å²) in [6, 6.07) is 39.9. The van der Waals surface area contributed by atoms with Crippen LogP contribution < -0.4 is 0 Å². The number of carbonyl (C=O) groups excluding carboxylic acids is 3. The number of carbonyl (C=O) groups is 3. The van der Waals surface area contributed by atoms with Gasteiger partial charge in [0.25, 0.3) is 0 Å². The van der Waals surface area contributed by atoms with E-state index in [2.05, 4.69) is 0 Å². The summed E-state index contributed by atoms with van der Waals surface area (Å²) < 4.78 is 4.81. The third kappa shape index (κ3) is 18.2. The molecule has 242 valence electrons. The lowest BCUT2D eigenvalue weighted by atomic mass is 9.94. The van der Waals surface area contributed by atoms with E-state index in [9.17, 15) is 14.4 Å². The second-order valence-electron chi connectivity index (χ2n) is 10.2. The van der Waals surface area contributed by atoms with E-state index in [0.717, 1.165) is 42.1 Å². The highest BCUT2D eigenvalue weighted by Crippen LogP contribution is 2.19. The summed E-state index contributed by atoms with van der Waals surface area (Å²) in [5.41, 5.74) is 5.71. The first kappa shape index (κ1) is 37.8. The molecular formula is C42H44O5. The molecule has 0 radical (unpaired) electrons. The Kier molecular flexibility index (Phi) is 20.0. The molecule has 0 spiro atoms. The van der Waals surface area contributed by atoms with Crippen molar-refractivity contribution in [2.75, 3.05) is 13.2 Å². The molecule has 0 amide bonds. The number of aldehydes is 2. The average Bonchev–Trinajstić information content (AvgIpc) is 3.12. The molecule has 5 rings (SSSR count). The summed E-state index contributed by atoms with van der Waals surface area (Å²) in [6.07, 6.45) is 17.6. The lowest BCUT2D eigenvalue weighted by Crippen LogP contribution is -2.02. The van der Waals surface area contributed by atoms with Gasteiger partial charge in [-0.3, -0.25) is 4.79 Å². The van der Waals surface area contributed by atoms with Gasteiger partial charge in [0.1, 0.15) is 12.6 Å². The Morgan fingerprint density at radius 1 is 0.723 bits per heavy atom. The minimum Gasteiger partial charge on any atom is -0.466 e. The molecule has 5 nitrogen and oxygen atoms in total. The number of aliphatic hydroxyl groups excluding tert-OH is 1. The molecular weight excluding hydrogens is 584 g/mol. The molecule has 0 fully saturated rings. The molecule has 5 heteroatoms. The normalized spacial score (nSPS) is 13.6. The van der Waals surface area contributed by atoms with Crippen LogP contribution in [-0.2, 0) is 32.0 Å². The minimum absolute atomic E-state index is 0.102. The summed E-state index contributed by atoms with van der Waals surface area (Å²) in [5, 5.41) is 8.44. The zero-order valence-corrected chi connectivity index (χ0v) is 26.9. The first-order valence-corrected chi connectivity index (χ1v) is 15.6. The van der Waals surface area contributed by atoms with Crippen molar-refractivity contribution in [3.63, 3.8) is 0 Å². The highest BCUT2D eigenvalue weighted by atomic mass is 16.5. The van der Waals surface area contributed by atoms with Crippen molar-refractivity contribution in [2.24, 2.45) is 5.92 Å². The number of esters is 1. The summed E-state index contributed by atoms with van der Waals surface area (Å²) in [4.78, 5) is 31.2. The molecule has 0 bridgehead atoms. The highest BCUT2D eigenvalue weighted by Gasteiger charge is 2.09. The molecule has 4 aromatic rings. The van der Waals surface area contributed by atoms with Crippen molar-refractivity contribution in [3.8, 4) is 0 Å². The van der Waals surface area contributed by atoms with E-state index in [4.69, 9.17) is 9.84 Å². The Morgan fingerprint density at radius 3 is 1.77 bits per heavy atom. The first-order chi connectivity index (χ1) is 23.0. The summed E-state index contributed by atoms with van der Waals surface area (Å²) in [6.45, 7) is 2.00. The maximum Gasteiger partial charge on any atom is 0.302 e. The Hall–Kier alpha value is -5.39. The van der Waals surface area contributed by atoms with Gasteiger partial charge in [0.05, 0.1) is 19.1 Å². The van der Waals surface area contributed by atoms with E-state index in [1.165, 1.54) is 18.1 Å². The first-order valence-electron chi connectivity index (χ1n) is 15.6. The lowest BCUT2D eigenvalue weighted by Gasteiger charge is -2.09. The van der Waals surface area contributed by atoms with Crippen molar-refractivity contribution >= 4 is 30.7 Å². The van der Waals surface area contributed by atoms with Gasteiger partial charge in [0.2, 0.25) is 0 Å². The minimum atomic E-state index is -0.217. The number of aliphatic hydroxyl groups is 1. The van der Waals surface area contributed by atoms with E-state index >= 15 is 0 Å². The summed E-state index contributed by atoms with van der Waals surface area (Å²) >= 11 is 0. The van der Waals surface area contributed by atoms with Crippen LogP contribution >= 0.6 is 0 Å². The smallest absolute Gasteiger partial charge is 0.302 e. The molecule has 0 aromatic heterocycles.